The van der Waals surface area contributed by atoms with Crippen LogP contribution in [0.3, 0.4) is 0 Å². The lowest BCUT2D eigenvalue weighted by Crippen LogP contribution is -2.10. The van der Waals surface area contributed by atoms with E-state index in [9.17, 15) is 8.42 Å². The van der Waals surface area contributed by atoms with Crippen molar-refractivity contribution in [2.24, 2.45) is 7.05 Å². The molecule has 0 unspecified atom stereocenters. The Balaban J connectivity index is 2.02. The van der Waals surface area contributed by atoms with Crippen LogP contribution in [0.5, 0.6) is 0 Å². The summed E-state index contributed by atoms with van der Waals surface area (Å²) < 4.78 is 24.8. The van der Waals surface area contributed by atoms with Crippen LogP contribution in [0.25, 0.3) is 0 Å². The van der Waals surface area contributed by atoms with Gasteiger partial charge in [0.1, 0.15) is 5.82 Å². The van der Waals surface area contributed by atoms with E-state index in [0.29, 0.717) is 12.2 Å². The van der Waals surface area contributed by atoms with Crippen LogP contribution in [-0.2, 0) is 23.3 Å². The third-order valence-electron chi connectivity index (χ3n) is 3.04. The fourth-order valence-electron chi connectivity index (χ4n) is 1.88. The number of hydrogen-bond acceptors (Lipinski definition) is 5. The maximum absolute atomic E-state index is 11.4. The van der Waals surface area contributed by atoms with E-state index >= 15 is 0 Å². The molecule has 0 saturated heterocycles. The minimum Gasteiger partial charge on any atom is -0.397 e. The van der Waals surface area contributed by atoms with Crippen LogP contribution < -0.4 is 11.1 Å². The van der Waals surface area contributed by atoms with Crippen LogP contribution in [0, 0.1) is 0 Å². The first-order chi connectivity index (χ1) is 9.38. The van der Waals surface area contributed by atoms with Crippen molar-refractivity contribution < 1.29 is 8.42 Å². The zero-order valence-corrected chi connectivity index (χ0v) is 12.3. The number of nitrogen functional groups attached to an aromatic ring is 1. The van der Waals surface area contributed by atoms with E-state index in [1.54, 1.807) is 18.3 Å². The van der Waals surface area contributed by atoms with Crippen LogP contribution >= 0.6 is 0 Å². The van der Waals surface area contributed by atoms with Crippen molar-refractivity contribution in [3.8, 4) is 0 Å². The van der Waals surface area contributed by atoms with E-state index in [4.69, 9.17) is 5.73 Å². The monoisotopic (exact) mass is 294 g/mol. The molecule has 0 fully saturated rings. The normalized spacial score (nSPS) is 11.5. The first kappa shape index (κ1) is 14.4. The zero-order chi connectivity index (χ0) is 14.8. The highest BCUT2D eigenvalue weighted by Crippen LogP contribution is 2.22. The molecular weight excluding hydrogens is 276 g/mol. The van der Waals surface area contributed by atoms with Crippen LogP contribution in [0.2, 0.25) is 0 Å². The first-order valence-corrected chi connectivity index (χ1v) is 8.07. The summed E-state index contributed by atoms with van der Waals surface area (Å²) in [6, 6.07) is 4.71. The zero-order valence-electron chi connectivity index (χ0n) is 11.5. The second kappa shape index (κ2) is 5.54. The SMILES string of the molecule is Cn1ccnc1CCNc1ccc(S(C)(=O)=O)cc1N. The Kier molecular flexibility index (Phi) is 3.99. The van der Waals surface area contributed by atoms with Gasteiger partial charge in [0.15, 0.2) is 9.84 Å². The molecule has 0 aliphatic carbocycles. The molecule has 2 rings (SSSR count). The van der Waals surface area contributed by atoms with E-state index < -0.39 is 9.84 Å². The van der Waals surface area contributed by atoms with E-state index in [1.807, 2.05) is 17.8 Å². The van der Waals surface area contributed by atoms with E-state index in [1.165, 1.54) is 6.07 Å². The smallest absolute Gasteiger partial charge is 0.175 e. The lowest BCUT2D eigenvalue weighted by atomic mass is 10.2. The Labute approximate surface area is 118 Å². The molecule has 1 aromatic heterocycles. The average molecular weight is 294 g/mol. The molecule has 0 saturated carbocycles. The lowest BCUT2D eigenvalue weighted by Gasteiger charge is -2.10. The summed E-state index contributed by atoms with van der Waals surface area (Å²) in [5.74, 6) is 0.976. The average Bonchev–Trinajstić information content (AvgIpc) is 2.76. The number of nitrogens with two attached hydrogens (primary N) is 1. The molecule has 0 spiro atoms. The van der Waals surface area contributed by atoms with E-state index in [-0.39, 0.29) is 4.90 Å². The summed E-state index contributed by atoms with van der Waals surface area (Å²) in [5, 5.41) is 3.18. The minimum absolute atomic E-state index is 0.227. The molecule has 0 bridgehead atoms. The molecule has 7 heteroatoms. The number of aromatic nitrogens is 2. The Bertz CT molecular complexity index is 707. The van der Waals surface area contributed by atoms with Crippen molar-refractivity contribution in [2.45, 2.75) is 11.3 Å². The van der Waals surface area contributed by atoms with E-state index in [2.05, 4.69) is 10.3 Å². The van der Waals surface area contributed by atoms with Crippen molar-refractivity contribution >= 4 is 21.2 Å². The van der Waals surface area contributed by atoms with Crippen molar-refractivity contribution in [3.05, 3.63) is 36.4 Å². The topological polar surface area (TPSA) is 90.0 Å². The van der Waals surface area contributed by atoms with Gasteiger partial charge in [-0.3, -0.25) is 0 Å². The van der Waals surface area contributed by atoms with Crippen LogP contribution in [0.4, 0.5) is 11.4 Å². The summed E-state index contributed by atoms with van der Waals surface area (Å²) in [7, 11) is -1.28. The number of rotatable bonds is 5. The highest BCUT2D eigenvalue weighted by Gasteiger charge is 2.09. The van der Waals surface area contributed by atoms with Crippen molar-refractivity contribution in [3.63, 3.8) is 0 Å². The molecule has 1 heterocycles. The van der Waals surface area contributed by atoms with Gasteiger partial charge >= 0.3 is 0 Å². The van der Waals surface area contributed by atoms with Gasteiger partial charge in [0, 0.05) is 38.7 Å². The number of aryl methyl sites for hydroxylation is 1. The number of benzene rings is 1. The predicted octanol–water partition coefficient (Wildman–Crippen LogP) is 1.06. The van der Waals surface area contributed by atoms with Crippen LogP contribution in [0.15, 0.2) is 35.5 Å². The molecule has 0 aliphatic heterocycles. The fourth-order valence-corrected chi connectivity index (χ4v) is 2.54. The summed E-state index contributed by atoms with van der Waals surface area (Å²) >= 11 is 0. The first-order valence-electron chi connectivity index (χ1n) is 6.17. The van der Waals surface area contributed by atoms with Gasteiger partial charge in [-0.25, -0.2) is 13.4 Å². The predicted molar refractivity (Wildman–Crippen MR) is 79.4 cm³/mol. The Hall–Kier alpha value is -2.02. The van der Waals surface area contributed by atoms with Crippen molar-refractivity contribution in [1.82, 2.24) is 9.55 Å². The highest BCUT2D eigenvalue weighted by molar-refractivity contribution is 7.90. The number of nitrogens with zero attached hydrogens (tertiary/aromatic N) is 2. The molecule has 0 radical (unpaired) electrons. The van der Waals surface area contributed by atoms with Gasteiger partial charge in [0.25, 0.3) is 0 Å². The quantitative estimate of drug-likeness (QED) is 0.805. The Morgan fingerprint density at radius 2 is 2.15 bits per heavy atom. The molecule has 0 atom stereocenters. The molecule has 3 N–H and O–H groups in total. The molecule has 20 heavy (non-hydrogen) atoms. The largest absolute Gasteiger partial charge is 0.397 e. The summed E-state index contributed by atoms with van der Waals surface area (Å²) in [6.07, 6.45) is 5.57. The number of hydrogen-bond donors (Lipinski definition) is 2. The van der Waals surface area contributed by atoms with Crippen LogP contribution in [-0.4, -0.2) is 30.8 Å². The molecule has 2 aromatic rings. The summed E-state index contributed by atoms with van der Waals surface area (Å²) in [6.45, 7) is 0.674. The van der Waals surface area contributed by atoms with Gasteiger partial charge in [0.05, 0.1) is 16.3 Å². The van der Waals surface area contributed by atoms with Gasteiger partial charge in [-0.05, 0) is 18.2 Å². The van der Waals surface area contributed by atoms with Gasteiger partial charge < -0.3 is 15.6 Å². The molecule has 1 aromatic carbocycles. The summed E-state index contributed by atoms with van der Waals surface area (Å²) in [5.41, 5.74) is 7.01. The third kappa shape index (κ3) is 3.30. The fraction of sp³-hybridized carbons (Fsp3) is 0.308. The number of nitrogens with one attached hydrogen (secondary N) is 1. The Morgan fingerprint density at radius 3 is 2.70 bits per heavy atom. The van der Waals surface area contributed by atoms with Crippen molar-refractivity contribution in [2.75, 3.05) is 23.9 Å². The lowest BCUT2D eigenvalue weighted by molar-refractivity contribution is 0.602. The molecule has 0 amide bonds. The third-order valence-corrected chi connectivity index (χ3v) is 4.15. The maximum atomic E-state index is 11.4. The number of imidazole rings is 1. The van der Waals surface area contributed by atoms with Crippen LogP contribution in [0.1, 0.15) is 5.82 Å². The summed E-state index contributed by atoms with van der Waals surface area (Å²) in [4.78, 5) is 4.45. The maximum Gasteiger partial charge on any atom is 0.175 e. The van der Waals surface area contributed by atoms with Gasteiger partial charge in [-0.15, -0.1) is 0 Å². The minimum atomic E-state index is -3.22. The standard InChI is InChI=1S/C13H18N4O2S/c1-17-8-7-16-13(17)5-6-15-12-4-3-10(9-11(12)14)20(2,18)19/h3-4,7-9,15H,5-6,14H2,1-2H3. The molecule has 108 valence electrons. The van der Waals surface area contributed by atoms with Gasteiger partial charge in [0.2, 0.25) is 0 Å². The second-order valence-corrected chi connectivity index (χ2v) is 6.67. The molecular formula is C13H18N4O2S. The second-order valence-electron chi connectivity index (χ2n) is 4.65. The Morgan fingerprint density at radius 1 is 1.40 bits per heavy atom. The van der Waals surface area contributed by atoms with Crippen molar-refractivity contribution in [1.29, 1.82) is 0 Å². The molecule has 0 aliphatic rings. The molecule has 6 nitrogen and oxygen atoms in total. The van der Waals surface area contributed by atoms with E-state index in [0.717, 1.165) is 24.2 Å². The number of sulfone groups is 1. The van der Waals surface area contributed by atoms with Gasteiger partial charge in [-0.1, -0.05) is 0 Å². The number of anilines is 2. The van der Waals surface area contributed by atoms with Gasteiger partial charge in [-0.2, -0.15) is 0 Å². The highest BCUT2D eigenvalue weighted by atomic mass is 32.2.